The van der Waals surface area contributed by atoms with Crippen LogP contribution in [0.1, 0.15) is 67.3 Å². The van der Waals surface area contributed by atoms with Crippen molar-refractivity contribution in [2.24, 2.45) is 11.8 Å². The zero-order valence-electron chi connectivity index (χ0n) is 21.0. The van der Waals surface area contributed by atoms with Gasteiger partial charge in [0, 0.05) is 48.2 Å². The highest BCUT2D eigenvalue weighted by Crippen LogP contribution is 2.41. The van der Waals surface area contributed by atoms with E-state index in [1.807, 2.05) is 12.1 Å². The van der Waals surface area contributed by atoms with Crippen molar-refractivity contribution in [3.63, 3.8) is 0 Å². The van der Waals surface area contributed by atoms with E-state index in [1.165, 1.54) is 44.1 Å². The number of fused-ring (bicyclic) bond motifs is 3. The molecule has 1 aliphatic carbocycles. The lowest BCUT2D eigenvalue weighted by Crippen LogP contribution is -2.43. The maximum absolute atomic E-state index is 13.0. The lowest BCUT2D eigenvalue weighted by Gasteiger charge is -2.39. The van der Waals surface area contributed by atoms with Crippen LogP contribution < -0.4 is 4.74 Å². The van der Waals surface area contributed by atoms with E-state index < -0.39 is 0 Å². The molecule has 2 saturated heterocycles. The molecule has 2 aliphatic heterocycles. The van der Waals surface area contributed by atoms with Gasteiger partial charge in [-0.3, -0.25) is 9.69 Å². The molecule has 184 valence electrons. The summed E-state index contributed by atoms with van der Waals surface area (Å²) in [4.78, 5) is 15.8. The standard InChI is InChI=1S/C31H38N2O2/c1-35-29-10-5-9-27-28(31(34)24-13-14-24)21-32(30(27)29)17-6-18-33-25-15-16-26(33)20-23(19-25)12-11-22-7-3-2-4-8-22/h2-5,7-10,21,23-26H,6,11-20H2,1H3. The van der Waals surface area contributed by atoms with Crippen molar-refractivity contribution in [3.05, 3.63) is 65.9 Å². The third-order valence-corrected chi connectivity index (χ3v) is 8.78. The fourth-order valence-electron chi connectivity index (χ4n) is 6.86. The second-order valence-electron chi connectivity index (χ2n) is 11.1. The van der Waals surface area contributed by atoms with E-state index in [-0.39, 0.29) is 5.92 Å². The number of hydrogen-bond donors (Lipinski definition) is 0. The Bertz CT molecular complexity index is 1170. The van der Waals surface area contributed by atoms with Crippen LogP contribution in [0.2, 0.25) is 0 Å². The van der Waals surface area contributed by atoms with Gasteiger partial charge in [-0.2, -0.15) is 0 Å². The largest absolute Gasteiger partial charge is 0.495 e. The van der Waals surface area contributed by atoms with E-state index in [0.717, 1.165) is 72.6 Å². The number of benzene rings is 2. The first kappa shape index (κ1) is 22.8. The van der Waals surface area contributed by atoms with Gasteiger partial charge in [-0.25, -0.2) is 0 Å². The molecule has 3 aromatic rings. The molecule has 2 atom stereocenters. The number of nitrogens with zero attached hydrogens (tertiary/aromatic N) is 2. The van der Waals surface area contributed by atoms with Crippen LogP contribution in [-0.4, -0.2) is 41.0 Å². The molecular formula is C31H38N2O2. The summed E-state index contributed by atoms with van der Waals surface area (Å²) in [5, 5.41) is 1.06. The number of carbonyl (C=O) groups excluding carboxylic acids is 1. The zero-order chi connectivity index (χ0) is 23.8. The highest BCUT2D eigenvalue weighted by molar-refractivity contribution is 6.11. The molecule has 0 spiro atoms. The molecular weight excluding hydrogens is 432 g/mol. The maximum Gasteiger partial charge on any atom is 0.168 e. The molecule has 0 amide bonds. The summed E-state index contributed by atoms with van der Waals surface area (Å²) in [6, 6.07) is 18.6. The Morgan fingerprint density at radius 1 is 0.943 bits per heavy atom. The SMILES string of the molecule is COc1cccc2c(C(=O)C3CC3)cn(CCCN3C4CCC3CC(CCc3ccccc3)C4)c12. The summed E-state index contributed by atoms with van der Waals surface area (Å²) in [6.07, 6.45) is 13.3. The molecule has 2 unspecified atom stereocenters. The fourth-order valence-corrected chi connectivity index (χ4v) is 6.86. The molecule has 0 radical (unpaired) electrons. The third kappa shape index (κ3) is 4.65. The summed E-state index contributed by atoms with van der Waals surface area (Å²) >= 11 is 0. The van der Waals surface area contributed by atoms with Gasteiger partial charge in [0.15, 0.2) is 5.78 Å². The topological polar surface area (TPSA) is 34.5 Å². The van der Waals surface area contributed by atoms with Crippen LogP contribution in [0.15, 0.2) is 54.7 Å². The van der Waals surface area contributed by atoms with Crippen LogP contribution >= 0.6 is 0 Å². The number of ether oxygens (including phenoxy) is 1. The quantitative estimate of drug-likeness (QED) is 0.317. The van der Waals surface area contributed by atoms with Gasteiger partial charge in [0.2, 0.25) is 0 Å². The smallest absolute Gasteiger partial charge is 0.168 e. The van der Waals surface area contributed by atoms with Gasteiger partial charge in [0.25, 0.3) is 0 Å². The molecule has 0 N–H and O–H groups in total. The number of carbonyl (C=O) groups is 1. The van der Waals surface area contributed by atoms with E-state index in [0.29, 0.717) is 5.78 Å². The van der Waals surface area contributed by atoms with Gasteiger partial charge in [0.05, 0.1) is 12.6 Å². The summed E-state index contributed by atoms with van der Waals surface area (Å²) in [5.74, 6) is 2.30. The van der Waals surface area contributed by atoms with Crippen molar-refractivity contribution < 1.29 is 9.53 Å². The van der Waals surface area contributed by atoms with Crippen molar-refractivity contribution in [2.75, 3.05) is 13.7 Å². The Morgan fingerprint density at radius 2 is 1.71 bits per heavy atom. The minimum absolute atomic E-state index is 0.235. The van der Waals surface area contributed by atoms with Gasteiger partial charge in [0.1, 0.15) is 5.75 Å². The first-order valence-electron chi connectivity index (χ1n) is 13.7. The summed E-state index contributed by atoms with van der Waals surface area (Å²) < 4.78 is 7.99. The number of hydrogen-bond acceptors (Lipinski definition) is 3. The zero-order valence-corrected chi connectivity index (χ0v) is 21.0. The van der Waals surface area contributed by atoms with E-state index in [9.17, 15) is 4.79 Å². The second-order valence-corrected chi connectivity index (χ2v) is 11.1. The Kier molecular flexibility index (Phi) is 6.40. The molecule has 1 aromatic heterocycles. The predicted octanol–water partition coefficient (Wildman–Crippen LogP) is 6.51. The minimum Gasteiger partial charge on any atom is -0.495 e. The van der Waals surface area contributed by atoms with Gasteiger partial charge >= 0.3 is 0 Å². The Balaban J connectivity index is 1.09. The minimum atomic E-state index is 0.235. The molecule has 3 fully saturated rings. The predicted molar refractivity (Wildman–Crippen MR) is 141 cm³/mol. The molecule has 2 bridgehead atoms. The van der Waals surface area contributed by atoms with Crippen molar-refractivity contribution in [2.45, 2.75) is 76.4 Å². The molecule has 3 heterocycles. The van der Waals surface area contributed by atoms with Gasteiger partial charge < -0.3 is 9.30 Å². The number of Topliss-reactive ketones (excluding diaryl/α,β-unsaturated/α-hetero) is 1. The fraction of sp³-hybridized carbons (Fsp3) is 0.516. The highest BCUT2D eigenvalue weighted by Gasteiger charge is 2.40. The van der Waals surface area contributed by atoms with Crippen LogP contribution in [0.25, 0.3) is 10.9 Å². The molecule has 3 aliphatic rings. The Morgan fingerprint density at radius 3 is 2.43 bits per heavy atom. The summed E-state index contributed by atoms with van der Waals surface area (Å²) in [5.41, 5.74) is 3.46. The van der Waals surface area contributed by atoms with Crippen molar-refractivity contribution in [1.29, 1.82) is 0 Å². The second kappa shape index (κ2) is 9.81. The number of piperidine rings is 1. The van der Waals surface area contributed by atoms with E-state index in [2.05, 4.69) is 52.1 Å². The monoisotopic (exact) mass is 470 g/mol. The lowest BCUT2D eigenvalue weighted by molar-refractivity contribution is 0.0968. The van der Waals surface area contributed by atoms with E-state index in [1.54, 1.807) is 7.11 Å². The van der Waals surface area contributed by atoms with Gasteiger partial charge in [-0.05, 0) is 75.3 Å². The van der Waals surface area contributed by atoms with Gasteiger partial charge in [-0.15, -0.1) is 0 Å². The van der Waals surface area contributed by atoms with Crippen molar-refractivity contribution in [3.8, 4) is 5.75 Å². The number of rotatable bonds is 10. The average molecular weight is 471 g/mol. The average Bonchev–Trinajstić information content (AvgIpc) is 3.64. The first-order chi connectivity index (χ1) is 17.2. The van der Waals surface area contributed by atoms with E-state index >= 15 is 0 Å². The van der Waals surface area contributed by atoms with Crippen molar-refractivity contribution in [1.82, 2.24) is 9.47 Å². The molecule has 6 rings (SSSR count). The van der Waals surface area contributed by atoms with Gasteiger partial charge in [-0.1, -0.05) is 42.5 Å². The number of aryl methyl sites for hydroxylation is 2. The van der Waals surface area contributed by atoms with Crippen LogP contribution in [0.3, 0.4) is 0 Å². The maximum atomic E-state index is 13.0. The van der Waals surface area contributed by atoms with Crippen molar-refractivity contribution >= 4 is 16.7 Å². The summed E-state index contributed by atoms with van der Waals surface area (Å²) in [6.45, 7) is 2.09. The van der Waals surface area contributed by atoms with Crippen LogP contribution in [-0.2, 0) is 13.0 Å². The molecule has 35 heavy (non-hydrogen) atoms. The van der Waals surface area contributed by atoms with Crippen LogP contribution in [0, 0.1) is 11.8 Å². The molecule has 4 nitrogen and oxygen atoms in total. The number of methoxy groups -OCH3 is 1. The number of para-hydroxylation sites is 1. The molecule has 2 aromatic carbocycles. The number of ketones is 1. The Labute approximate surface area is 209 Å². The number of aromatic nitrogens is 1. The first-order valence-corrected chi connectivity index (χ1v) is 13.7. The van der Waals surface area contributed by atoms with Crippen LogP contribution in [0.5, 0.6) is 5.75 Å². The molecule has 4 heteroatoms. The van der Waals surface area contributed by atoms with Crippen LogP contribution in [0.4, 0.5) is 0 Å². The lowest BCUT2D eigenvalue weighted by atomic mass is 9.86. The molecule has 1 saturated carbocycles. The third-order valence-electron chi connectivity index (χ3n) is 8.78. The normalized spacial score (nSPS) is 24.2. The highest BCUT2D eigenvalue weighted by atomic mass is 16.5. The van der Waals surface area contributed by atoms with E-state index in [4.69, 9.17) is 4.74 Å². The summed E-state index contributed by atoms with van der Waals surface area (Å²) in [7, 11) is 1.73. The Hall–Kier alpha value is -2.59.